The highest BCUT2D eigenvalue weighted by Crippen LogP contribution is 2.28. The van der Waals surface area contributed by atoms with E-state index in [9.17, 15) is 19.5 Å². The van der Waals surface area contributed by atoms with Crippen molar-refractivity contribution in [1.82, 2.24) is 15.1 Å². The molecule has 7 heteroatoms. The minimum absolute atomic E-state index is 0.0363. The standard InChI is InChI=1S/C22H23N3O4/c1-3-22(21(28)29,15-9-5-4-6-10-15)14-23-19(26)13-18-16-11-7-8-12-17(16)20(27)25(2)24-18/h4-12H,3,13-14H2,1-2H3,(H,23,26)(H,28,29). The smallest absolute Gasteiger partial charge is 0.315 e. The Kier molecular flexibility index (Phi) is 5.77. The number of carboxylic acid groups (broad SMARTS) is 1. The molecular weight excluding hydrogens is 370 g/mol. The molecule has 0 fully saturated rings. The number of hydrogen-bond donors (Lipinski definition) is 2. The van der Waals surface area contributed by atoms with Crippen LogP contribution in [0.15, 0.2) is 59.4 Å². The maximum Gasteiger partial charge on any atom is 0.315 e. The van der Waals surface area contributed by atoms with Gasteiger partial charge in [0, 0.05) is 19.0 Å². The minimum atomic E-state index is -1.21. The van der Waals surface area contributed by atoms with Crippen LogP contribution in [0.2, 0.25) is 0 Å². The van der Waals surface area contributed by atoms with E-state index in [4.69, 9.17) is 0 Å². The van der Waals surface area contributed by atoms with Crippen molar-refractivity contribution >= 4 is 22.6 Å². The van der Waals surface area contributed by atoms with Crippen molar-refractivity contribution in [2.24, 2.45) is 7.05 Å². The van der Waals surface area contributed by atoms with Gasteiger partial charge in [0.2, 0.25) is 5.91 Å². The molecule has 0 saturated carbocycles. The number of aromatic nitrogens is 2. The zero-order valence-electron chi connectivity index (χ0n) is 16.4. The third kappa shape index (κ3) is 3.89. The lowest BCUT2D eigenvalue weighted by molar-refractivity contribution is -0.144. The van der Waals surface area contributed by atoms with Gasteiger partial charge in [-0.15, -0.1) is 0 Å². The topological polar surface area (TPSA) is 101 Å². The lowest BCUT2D eigenvalue weighted by atomic mass is 9.78. The third-order valence-corrected chi connectivity index (χ3v) is 5.29. The molecule has 0 bridgehead atoms. The maximum absolute atomic E-state index is 12.6. The fraction of sp³-hybridized carbons (Fsp3) is 0.273. The van der Waals surface area contributed by atoms with E-state index in [0.717, 1.165) is 0 Å². The van der Waals surface area contributed by atoms with Gasteiger partial charge in [0.15, 0.2) is 0 Å². The number of carboxylic acids is 1. The fourth-order valence-electron chi connectivity index (χ4n) is 3.51. The zero-order chi connectivity index (χ0) is 21.0. The summed E-state index contributed by atoms with van der Waals surface area (Å²) in [5.74, 6) is -1.34. The van der Waals surface area contributed by atoms with Crippen molar-refractivity contribution in [3.63, 3.8) is 0 Å². The van der Waals surface area contributed by atoms with E-state index in [2.05, 4.69) is 10.4 Å². The van der Waals surface area contributed by atoms with Crippen molar-refractivity contribution in [3.8, 4) is 0 Å². The number of amides is 1. The molecule has 1 unspecified atom stereocenters. The lowest BCUT2D eigenvalue weighted by Gasteiger charge is -2.29. The molecule has 1 atom stereocenters. The predicted octanol–water partition coefficient (Wildman–Crippen LogP) is 2.02. The first-order valence-electron chi connectivity index (χ1n) is 9.39. The van der Waals surface area contributed by atoms with Gasteiger partial charge < -0.3 is 10.4 Å². The Morgan fingerprint density at radius 3 is 2.31 bits per heavy atom. The average molecular weight is 393 g/mol. The van der Waals surface area contributed by atoms with Crippen molar-refractivity contribution in [1.29, 1.82) is 0 Å². The van der Waals surface area contributed by atoms with Gasteiger partial charge in [0.25, 0.3) is 5.56 Å². The summed E-state index contributed by atoms with van der Waals surface area (Å²) in [6.07, 6.45) is 0.274. The van der Waals surface area contributed by atoms with Gasteiger partial charge in [-0.05, 0) is 18.1 Å². The summed E-state index contributed by atoms with van der Waals surface area (Å²) in [5, 5.41) is 18.0. The number of carbonyl (C=O) groups excluding carboxylic acids is 1. The second kappa shape index (κ2) is 8.26. The predicted molar refractivity (Wildman–Crippen MR) is 110 cm³/mol. The van der Waals surface area contributed by atoms with E-state index in [1.165, 1.54) is 11.7 Å². The maximum atomic E-state index is 12.6. The number of nitrogens with one attached hydrogen (secondary N) is 1. The summed E-state index contributed by atoms with van der Waals surface area (Å²) >= 11 is 0. The Bertz CT molecular complexity index is 1110. The van der Waals surface area contributed by atoms with Crippen LogP contribution in [0, 0.1) is 0 Å². The number of aliphatic carboxylic acids is 1. The highest BCUT2D eigenvalue weighted by atomic mass is 16.4. The van der Waals surface area contributed by atoms with Crippen LogP contribution in [-0.2, 0) is 28.5 Å². The van der Waals surface area contributed by atoms with Gasteiger partial charge in [0.1, 0.15) is 5.41 Å². The van der Waals surface area contributed by atoms with Crippen molar-refractivity contribution in [2.75, 3.05) is 6.54 Å². The van der Waals surface area contributed by atoms with Crippen molar-refractivity contribution in [3.05, 3.63) is 76.2 Å². The highest BCUT2D eigenvalue weighted by molar-refractivity contribution is 5.89. The van der Waals surface area contributed by atoms with Gasteiger partial charge in [-0.3, -0.25) is 14.4 Å². The molecule has 1 amide bonds. The van der Waals surface area contributed by atoms with Crippen molar-refractivity contribution < 1.29 is 14.7 Å². The first-order chi connectivity index (χ1) is 13.9. The average Bonchev–Trinajstić information content (AvgIpc) is 2.73. The largest absolute Gasteiger partial charge is 0.481 e. The highest BCUT2D eigenvalue weighted by Gasteiger charge is 2.39. The molecule has 3 aromatic rings. The molecule has 2 N–H and O–H groups in total. The van der Waals surface area contributed by atoms with Crippen LogP contribution in [-0.4, -0.2) is 33.3 Å². The van der Waals surface area contributed by atoms with Gasteiger partial charge in [-0.1, -0.05) is 55.5 Å². The number of fused-ring (bicyclic) bond motifs is 1. The minimum Gasteiger partial charge on any atom is -0.481 e. The van der Waals surface area contributed by atoms with Gasteiger partial charge >= 0.3 is 5.97 Å². The Balaban J connectivity index is 1.84. The van der Waals surface area contributed by atoms with Crippen LogP contribution in [0.1, 0.15) is 24.6 Å². The Hall–Kier alpha value is -3.48. The monoisotopic (exact) mass is 393 g/mol. The van der Waals surface area contributed by atoms with E-state index in [-0.39, 0.29) is 24.4 Å². The molecule has 0 saturated heterocycles. The summed E-state index contributed by atoms with van der Waals surface area (Å²) in [4.78, 5) is 36.9. The summed E-state index contributed by atoms with van der Waals surface area (Å²) in [6.45, 7) is 1.75. The van der Waals surface area contributed by atoms with Crippen molar-refractivity contribution in [2.45, 2.75) is 25.2 Å². The zero-order valence-corrected chi connectivity index (χ0v) is 16.4. The Morgan fingerprint density at radius 2 is 1.69 bits per heavy atom. The summed E-state index contributed by atoms with van der Waals surface area (Å²) in [7, 11) is 1.54. The Morgan fingerprint density at radius 1 is 1.07 bits per heavy atom. The molecule has 150 valence electrons. The molecule has 0 aliphatic carbocycles. The first-order valence-corrected chi connectivity index (χ1v) is 9.39. The summed E-state index contributed by atoms with van der Waals surface area (Å²) < 4.78 is 1.21. The van der Waals surface area contributed by atoms with Crippen LogP contribution in [0.4, 0.5) is 0 Å². The number of carbonyl (C=O) groups is 2. The summed E-state index contributed by atoms with van der Waals surface area (Å²) in [6, 6.07) is 15.9. The van der Waals surface area contributed by atoms with Gasteiger partial charge in [0.05, 0.1) is 17.5 Å². The Labute approximate surface area is 168 Å². The number of aryl methyl sites for hydroxylation is 1. The van der Waals surface area contributed by atoms with Gasteiger partial charge in [-0.2, -0.15) is 5.10 Å². The van der Waals surface area contributed by atoms with Gasteiger partial charge in [-0.25, -0.2) is 4.68 Å². The lowest BCUT2D eigenvalue weighted by Crippen LogP contribution is -2.46. The first kappa shape index (κ1) is 20.3. The fourth-order valence-corrected chi connectivity index (χ4v) is 3.51. The third-order valence-electron chi connectivity index (χ3n) is 5.29. The molecule has 0 radical (unpaired) electrons. The second-order valence-electron chi connectivity index (χ2n) is 6.98. The molecule has 1 heterocycles. The molecule has 3 rings (SSSR count). The van der Waals surface area contributed by atoms with Crippen LogP contribution in [0.5, 0.6) is 0 Å². The SMILES string of the molecule is CCC(CNC(=O)Cc1nn(C)c(=O)c2ccccc12)(C(=O)O)c1ccccc1. The van der Waals surface area contributed by atoms with E-state index in [1.54, 1.807) is 55.5 Å². The number of hydrogen-bond acceptors (Lipinski definition) is 4. The van der Waals surface area contributed by atoms with Crippen LogP contribution in [0.3, 0.4) is 0 Å². The number of nitrogens with zero attached hydrogens (tertiary/aromatic N) is 2. The normalized spacial score (nSPS) is 13.0. The number of benzene rings is 2. The molecule has 2 aromatic carbocycles. The molecular formula is C22H23N3O4. The van der Waals surface area contributed by atoms with E-state index in [1.807, 2.05) is 6.07 Å². The van der Waals surface area contributed by atoms with E-state index in [0.29, 0.717) is 28.5 Å². The van der Waals surface area contributed by atoms with E-state index >= 15 is 0 Å². The van der Waals surface area contributed by atoms with Crippen LogP contribution >= 0.6 is 0 Å². The van der Waals surface area contributed by atoms with E-state index < -0.39 is 11.4 Å². The second-order valence-corrected chi connectivity index (χ2v) is 6.98. The molecule has 7 nitrogen and oxygen atoms in total. The summed E-state index contributed by atoms with van der Waals surface area (Å²) in [5.41, 5.74) is -0.335. The molecule has 1 aromatic heterocycles. The quantitative estimate of drug-likeness (QED) is 0.640. The molecule has 0 aliphatic rings. The molecule has 0 spiro atoms. The van der Waals surface area contributed by atoms with Crippen LogP contribution < -0.4 is 10.9 Å². The van der Waals surface area contributed by atoms with Crippen LogP contribution in [0.25, 0.3) is 10.8 Å². The number of rotatable bonds is 7. The molecule has 0 aliphatic heterocycles. The molecule has 29 heavy (non-hydrogen) atoms.